The first-order valence-corrected chi connectivity index (χ1v) is 8.12. The number of aromatic nitrogens is 2. The van der Waals surface area contributed by atoms with E-state index < -0.39 is 10.0 Å². The van der Waals surface area contributed by atoms with Crippen LogP contribution in [-0.4, -0.2) is 25.2 Å². The van der Waals surface area contributed by atoms with Crippen LogP contribution in [0, 0.1) is 6.92 Å². The number of sulfonamides is 1. The molecule has 21 heavy (non-hydrogen) atoms. The van der Waals surface area contributed by atoms with Gasteiger partial charge >= 0.3 is 6.01 Å². The normalized spacial score (nSPS) is 11.5. The van der Waals surface area contributed by atoms with E-state index in [1.807, 2.05) is 0 Å². The maximum Gasteiger partial charge on any atom is 0.329 e. The first-order valence-electron chi connectivity index (χ1n) is 6.64. The Morgan fingerprint density at radius 1 is 1.19 bits per heavy atom. The summed E-state index contributed by atoms with van der Waals surface area (Å²) in [6.45, 7) is 5.32. The third-order valence-corrected chi connectivity index (χ3v) is 4.07. The van der Waals surface area contributed by atoms with Gasteiger partial charge in [0.15, 0.2) is 0 Å². The Balaban J connectivity index is 2.06. The molecule has 0 aliphatic rings. The molecule has 1 aromatic heterocycles. The van der Waals surface area contributed by atoms with Crippen LogP contribution in [0.3, 0.4) is 0 Å². The van der Waals surface area contributed by atoms with E-state index in [1.54, 1.807) is 31.2 Å². The molecule has 114 valence electrons. The van der Waals surface area contributed by atoms with Gasteiger partial charge in [0, 0.05) is 13.5 Å². The molecule has 0 unspecified atom stereocenters. The quantitative estimate of drug-likeness (QED) is 0.755. The number of anilines is 1. The summed E-state index contributed by atoms with van der Waals surface area (Å²) in [4.78, 5) is 0.151. The molecule has 0 aliphatic carbocycles. The van der Waals surface area contributed by atoms with Crippen LogP contribution in [0.1, 0.15) is 24.8 Å². The van der Waals surface area contributed by atoms with Gasteiger partial charge in [0.05, 0.1) is 4.90 Å². The van der Waals surface area contributed by atoms with Gasteiger partial charge in [-0.15, -0.1) is 5.10 Å². The number of benzene rings is 1. The van der Waals surface area contributed by atoms with Gasteiger partial charge in [-0.2, -0.15) is 0 Å². The highest BCUT2D eigenvalue weighted by Gasteiger charge is 2.17. The summed E-state index contributed by atoms with van der Waals surface area (Å²) >= 11 is 0. The Bertz CT molecular complexity index is 680. The van der Waals surface area contributed by atoms with Crippen molar-refractivity contribution in [3.05, 3.63) is 35.7 Å². The predicted molar refractivity (Wildman–Crippen MR) is 78.3 cm³/mol. The zero-order chi connectivity index (χ0) is 15.3. The van der Waals surface area contributed by atoms with Gasteiger partial charge in [0.2, 0.25) is 5.89 Å². The Kier molecular flexibility index (Phi) is 4.92. The molecule has 0 radical (unpaired) electrons. The summed E-state index contributed by atoms with van der Waals surface area (Å²) in [7, 11) is -3.71. The largest absolute Gasteiger partial charge is 0.408 e. The smallest absolute Gasteiger partial charge is 0.329 e. The van der Waals surface area contributed by atoms with E-state index in [0.717, 1.165) is 18.5 Å². The van der Waals surface area contributed by atoms with E-state index in [1.165, 1.54) is 0 Å². The Morgan fingerprint density at radius 2 is 1.90 bits per heavy atom. The molecule has 2 rings (SSSR count). The van der Waals surface area contributed by atoms with E-state index in [4.69, 9.17) is 4.42 Å². The SMILES string of the molecule is CCCNCc1ccc(S(=O)(=O)Nc2nnc(C)o2)cc1. The fourth-order valence-corrected chi connectivity index (χ4v) is 2.63. The summed E-state index contributed by atoms with van der Waals surface area (Å²) in [6.07, 6.45) is 1.06. The van der Waals surface area contributed by atoms with Crippen molar-refractivity contribution in [3.8, 4) is 0 Å². The second-order valence-corrected chi connectivity index (χ2v) is 6.23. The zero-order valence-electron chi connectivity index (χ0n) is 12.0. The van der Waals surface area contributed by atoms with E-state index in [0.29, 0.717) is 12.4 Å². The second kappa shape index (κ2) is 6.68. The van der Waals surface area contributed by atoms with Crippen molar-refractivity contribution in [1.29, 1.82) is 0 Å². The zero-order valence-corrected chi connectivity index (χ0v) is 12.8. The minimum absolute atomic E-state index is 0.138. The monoisotopic (exact) mass is 310 g/mol. The van der Waals surface area contributed by atoms with E-state index in [9.17, 15) is 8.42 Å². The van der Waals surface area contributed by atoms with Crippen molar-refractivity contribution >= 4 is 16.0 Å². The van der Waals surface area contributed by atoms with Crippen LogP contribution >= 0.6 is 0 Å². The maximum atomic E-state index is 12.1. The van der Waals surface area contributed by atoms with Crippen LogP contribution in [0.25, 0.3) is 0 Å². The highest BCUT2D eigenvalue weighted by Crippen LogP contribution is 2.15. The molecular weight excluding hydrogens is 292 g/mol. The average molecular weight is 310 g/mol. The van der Waals surface area contributed by atoms with Gasteiger partial charge in [-0.1, -0.05) is 24.2 Å². The Labute approximate surface area is 123 Å². The van der Waals surface area contributed by atoms with Crippen LogP contribution in [-0.2, 0) is 16.6 Å². The van der Waals surface area contributed by atoms with Crippen molar-refractivity contribution in [3.63, 3.8) is 0 Å². The van der Waals surface area contributed by atoms with Gasteiger partial charge in [0.25, 0.3) is 10.0 Å². The van der Waals surface area contributed by atoms with Crippen LogP contribution in [0.2, 0.25) is 0 Å². The third-order valence-electron chi connectivity index (χ3n) is 2.74. The molecule has 7 nitrogen and oxygen atoms in total. The third kappa shape index (κ3) is 4.27. The van der Waals surface area contributed by atoms with Gasteiger partial charge in [-0.25, -0.2) is 13.1 Å². The number of rotatable bonds is 7. The number of nitrogens with zero attached hydrogens (tertiary/aromatic N) is 2. The second-order valence-electron chi connectivity index (χ2n) is 4.55. The van der Waals surface area contributed by atoms with Crippen LogP contribution in [0.15, 0.2) is 33.6 Å². The van der Waals surface area contributed by atoms with Crippen molar-refractivity contribution in [2.45, 2.75) is 31.7 Å². The lowest BCUT2D eigenvalue weighted by molar-refractivity contribution is 0.534. The minimum atomic E-state index is -3.71. The molecule has 2 aromatic rings. The van der Waals surface area contributed by atoms with Gasteiger partial charge in [-0.05, 0) is 30.7 Å². The van der Waals surface area contributed by atoms with Crippen molar-refractivity contribution < 1.29 is 12.8 Å². The molecule has 1 aromatic carbocycles. The van der Waals surface area contributed by atoms with Gasteiger partial charge in [0.1, 0.15) is 0 Å². The standard InChI is InChI=1S/C13H18N4O3S/c1-3-8-14-9-11-4-6-12(7-5-11)21(18,19)17-13-16-15-10(2)20-13/h4-7,14H,3,8-9H2,1-2H3,(H,16,17). The number of aryl methyl sites for hydroxylation is 1. The minimum Gasteiger partial charge on any atom is -0.408 e. The molecule has 2 N–H and O–H groups in total. The molecular formula is C13H18N4O3S. The summed E-state index contributed by atoms with van der Waals surface area (Å²) < 4.78 is 31.5. The van der Waals surface area contributed by atoms with E-state index in [-0.39, 0.29) is 10.9 Å². The number of nitrogens with one attached hydrogen (secondary N) is 2. The van der Waals surface area contributed by atoms with Gasteiger partial charge < -0.3 is 9.73 Å². The topological polar surface area (TPSA) is 97.1 Å². The van der Waals surface area contributed by atoms with Crippen molar-refractivity contribution in [1.82, 2.24) is 15.5 Å². The van der Waals surface area contributed by atoms with Crippen LogP contribution in [0.4, 0.5) is 6.01 Å². The number of hydrogen-bond donors (Lipinski definition) is 2. The summed E-state index contributed by atoms with van der Waals surface area (Å²) in [5, 5.41) is 10.4. The Morgan fingerprint density at radius 3 is 2.48 bits per heavy atom. The predicted octanol–water partition coefficient (Wildman–Crippen LogP) is 1.68. The first-order chi connectivity index (χ1) is 10.0. The molecule has 0 saturated heterocycles. The molecule has 1 heterocycles. The molecule has 0 amide bonds. The molecule has 0 saturated carbocycles. The molecule has 8 heteroatoms. The summed E-state index contributed by atoms with van der Waals surface area (Å²) in [5.41, 5.74) is 1.02. The van der Waals surface area contributed by atoms with Gasteiger partial charge in [-0.3, -0.25) is 0 Å². The highest BCUT2D eigenvalue weighted by atomic mass is 32.2. The first kappa shape index (κ1) is 15.5. The molecule has 0 aliphatic heterocycles. The summed E-state index contributed by atoms with van der Waals surface area (Å²) in [6, 6.07) is 6.51. The highest BCUT2D eigenvalue weighted by molar-refractivity contribution is 7.92. The van der Waals surface area contributed by atoms with E-state index >= 15 is 0 Å². The van der Waals surface area contributed by atoms with Crippen molar-refractivity contribution in [2.24, 2.45) is 0 Å². The Hall–Kier alpha value is -1.93. The molecule has 0 spiro atoms. The van der Waals surface area contributed by atoms with Crippen molar-refractivity contribution in [2.75, 3.05) is 11.3 Å². The average Bonchev–Trinajstić information content (AvgIpc) is 2.84. The molecule has 0 bridgehead atoms. The van der Waals surface area contributed by atoms with Crippen LogP contribution in [0.5, 0.6) is 0 Å². The number of hydrogen-bond acceptors (Lipinski definition) is 6. The molecule has 0 fully saturated rings. The van der Waals surface area contributed by atoms with E-state index in [2.05, 4.69) is 27.2 Å². The lowest BCUT2D eigenvalue weighted by Crippen LogP contribution is -2.15. The lowest BCUT2D eigenvalue weighted by Gasteiger charge is -2.06. The summed E-state index contributed by atoms with van der Waals surface area (Å²) in [5.74, 6) is 0.296. The fourth-order valence-electron chi connectivity index (χ4n) is 1.71. The van der Waals surface area contributed by atoms with Crippen LogP contribution < -0.4 is 10.0 Å². The fraction of sp³-hybridized carbons (Fsp3) is 0.385. The maximum absolute atomic E-state index is 12.1. The lowest BCUT2D eigenvalue weighted by atomic mass is 10.2. The molecule has 0 atom stereocenters.